The van der Waals surface area contributed by atoms with Gasteiger partial charge in [-0.15, -0.1) is 0 Å². The first-order chi connectivity index (χ1) is 41.8. The van der Waals surface area contributed by atoms with Gasteiger partial charge in [0, 0.05) is 131 Å². The summed E-state index contributed by atoms with van der Waals surface area (Å²) < 4.78 is 32.3. The molecule has 8 bridgehead atoms. The molecular weight excluding hydrogens is 1180 g/mol. The second-order valence-electron chi connectivity index (χ2n) is 27.1. The van der Waals surface area contributed by atoms with Crippen LogP contribution in [0.4, 0.5) is 0 Å². The Morgan fingerprint density at radius 3 is 1.99 bits per heavy atom. The van der Waals surface area contributed by atoms with Gasteiger partial charge < -0.3 is 69.4 Å². The topological polar surface area (TPSA) is 460 Å². The minimum absolute atomic E-state index is 0.0114. The third-order valence-electron chi connectivity index (χ3n) is 20.6. The largest absolute Gasteiger partial charge is 0.472 e. The van der Waals surface area contributed by atoms with Crippen molar-refractivity contribution in [1.82, 2.24) is 20.2 Å². The van der Waals surface area contributed by atoms with Crippen LogP contribution in [-0.2, 0) is 51.9 Å². The van der Waals surface area contributed by atoms with E-state index in [1.165, 1.54) is 13.3 Å². The Kier molecular flexibility index (Phi) is 19.6. The highest BCUT2D eigenvalue weighted by Gasteiger charge is 2.66. The molecule has 7 heterocycles. The van der Waals surface area contributed by atoms with E-state index in [1.807, 2.05) is 87.4 Å². The maximum Gasteiger partial charge on any atom is 0.472 e. The number of nitrogens with zero attached hydrogens (tertiary/aromatic N) is 5. The second-order valence-corrected chi connectivity index (χ2v) is 28.4. The predicted molar refractivity (Wildman–Crippen MR) is 334 cm³/mol. The third-order valence-corrected chi connectivity index (χ3v) is 21.7. The zero-order chi connectivity index (χ0) is 66.7. The summed E-state index contributed by atoms with van der Waals surface area (Å²) >= 11 is 0. The Morgan fingerprint density at radius 2 is 1.40 bits per heavy atom. The molecule has 15 atom stereocenters. The monoisotopic (exact) mass is 1270 g/mol. The van der Waals surface area contributed by atoms with E-state index in [-0.39, 0.29) is 77.2 Å². The molecule has 1 aromatic carbocycles. The number of imidazole rings is 1. The van der Waals surface area contributed by atoms with Crippen molar-refractivity contribution in [2.75, 3.05) is 13.2 Å². The smallest absolute Gasteiger partial charge is 0.394 e. The van der Waals surface area contributed by atoms with Crippen molar-refractivity contribution < 1.29 is 67.0 Å². The first-order valence-electron chi connectivity index (χ1n) is 30.6. The molecule has 8 rings (SSSR count). The molecule has 2 fully saturated rings. The number of aryl methyl sites for hydroxylation is 2. The van der Waals surface area contributed by atoms with Gasteiger partial charge >= 0.3 is 7.82 Å². The summed E-state index contributed by atoms with van der Waals surface area (Å²) in [6.45, 7) is 19.3. The first kappa shape index (κ1) is 68.9. The van der Waals surface area contributed by atoms with Gasteiger partial charge in [-0.2, -0.15) is 0 Å². The van der Waals surface area contributed by atoms with E-state index in [1.54, 1.807) is 4.57 Å². The number of hydrogen-bond donors (Lipinski definition) is 11. The number of aliphatic hydroxyl groups is 2. The summed E-state index contributed by atoms with van der Waals surface area (Å²) in [4.78, 5) is 126. The van der Waals surface area contributed by atoms with Gasteiger partial charge in [-0.1, -0.05) is 34.6 Å². The standard InChI is InChI=1S/C62H90N13O14P/c1-29-20-39-40(21-30(29)2)75(28-70-39)57-52(84)53(41(27-76)87-57)89-90(85,86)88-31(3)26-69-49(83)18-19-59(8)37(22-46(66)80)56-62(11)61(10,25-48(68)82)36(14-17-45(65)79)51(74-62)33(5)55-60(9,24-47(67)81)34(12-15-43(63)77)38(71-55)23-42-58(6,7)35(13-16-44(64)78)50(72-42)32(4)54(59)73-56/h20-21,23,28,31,34-37,41,52-53,56-57,71,76,84H,12-19,22,24-27H2,1-11H3,(H2,63,77)(H2,64,78)(H2,65,79)(H2,66,80)(H2,67,81)(H2,68,82)(H,69,83)(H,85,86)/b38-23-,50-32-,55-33?. The number of aliphatic hydroxyl groups excluding tert-OH is 2. The number of amides is 7. The van der Waals surface area contributed by atoms with Crippen molar-refractivity contribution in [2.45, 2.75) is 189 Å². The molecule has 15 unspecified atom stereocenters. The van der Waals surface area contributed by atoms with Crippen molar-refractivity contribution in [3.8, 4) is 0 Å². The van der Waals surface area contributed by atoms with E-state index in [9.17, 15) is 53.2 Å². The number of nitrogens with one attached hydrogen (secondary N) is 2. The van der Waals surface area contributed by atoms with Gasteiger partial charge in [-0.05, 0) is 108 Å². The molecule has 492 valence electrons. The van der Waals surface area contributed by atoms with Crippen LogP contribution in [0.3, 0.4) is 0 Å². The van der Waals surface area contributed by atoms with Gasteiger partial charge in [0.05, 0.1) is 41.7 Å². The Balaban J connectivity index is 1.19. The van der Waals surface area contributed by atoms with Gasteiger partial charge in [0.2, 0.25) is 41.4 Å². The number of carbonyl (C=O) groups is 7. The number of phosphoric acid groups is 1. The Bertz CT molecular complexity index is 3540. The van der Waals surface area contributed by atoms with Crippen LogP contribution in [0.1, 0.15) is 150 Å². The van der Waals surface area contributed by atoms with Crippen LogP contribution in [0.25, 0.3) is 11.0 Å². The van der Waals surface area contributed by atoms with Crippen LogP contribution in [0.2, 0.25) is 0 Å². The molecule has 0 radical (unpaired) electrons. The molecule has 0 spiro atoms. The quantitative estimate of drug-likeness (QED) is 0.0603. The van der Waals surface area contributed by atoms with Gasteiger partial charge in [0.1, 0.15) is 18.3 Å². The summed E-state index contributed by atoms with van der Waals surface area (Å²) in [6.07, 6.45) is -4.26. The van der Waals surface area contributed by atoms with Crippen LogP contribution in [0.5, 0.6) is 0 Å². The summed E-state index contributed by atoms with van der Waals surface area (Å²) in [5, 5.41) is 28.2. The lowest BCUT2D eigenvalue weighted by atomic mass is 9.55. The van der Waals surface area contributed by atoms with Crippen LogP contribution >= 0.6 is 7.82 Å². The number of phosphoric ester groups is 1. The lowest BCUT2D eigenvalue weighted by Gasteiger charge is -2.48. The molecule has 0 saturated carbocycles. The maximum atomic E-state index is 14.4. The van der Waals surface area contributed by atoms with Gasteiger partial charge in [0.25, 0.3) is 0 Å². The third kappa shape index (κ3) is 13.0. The average Bonchev–Trinajstić information content (AvgIpc) is 1.53. The van der Waals surface area contributed by atoms with E-state index in [2.05, 4.69) is 15.6 Å². The normalized spacial score (nSPS) is 33.4. The number of aliphatic imine (C=N–C) groups is 3. The average molecular weight is 1270 g/mol. The molecule has 2 saturated heterocycles. The fourth-order valence-corrected chi connectivity index (χ4v) is 16.6. The number of hydrogen-bond acceptors (Lipinski definition) is 18. The molecular formula is C62H90N13O14P. The molecule has 6 aliphatic heterocycles. The predicted octanol–water partition coefficient (Wildman–Crippen LogP) is 3.16. The van der Waals surface area contributed by atoms with E-state index in [4.69, 9.17) is 63.2 Å². The molecule has 2 aromatic rings. The number of primary amides is 6. The molecule has 90 heavy (non-hydrogen) atoms. The molecule has 17 N–H and O–H groups in total. The minimum Gasteiger partial charge on any atom is -0.394 e. The number of ether oxygens (including phenoxy) is 1. The van der Waals surface area contributed by atoms with Crippen molar-refractivity contribution in [2.24, 2.45) is 94.7 Å². The van der Waals surface area contributed by atoms with Crippen molar-refractivity contribution in [3.63, 3.8) is 0 Å². The summed E-state index contributed by atoms with van der Waals surface area (Å²) in [5.41, 5.74) is 37.4. The molecule has 28 heteroatoms. The van der Waals surface area contributed by atoms with Gasteiger partial charge in [0.15, 0.2) is 6.23 Å². The zero-order valence-corrected chi connectivity index (χ0v) is 54.1. The van der Waals surface area contributed by atoms with E-state index in [0.717, 1.165) is 11.1 Å². The Hall–Kier alpha value is -7.00. The first-order valence-corrected chi connectivity index (χ1v) is 32.1. The van der Waals surface area contributed by atoms with Crippen molar-refractivity contribution in [3.05, 3.63) is 63.9 Å². The lowest BCUT2D eigenvalue weighted by molar-refractivity contribution is -0.124. The molecule has 0 aliphatic carbocycles. The fraction of sp³-hybridized carbons (Fsp3) is 0.629. The van der Waals surface area contributed by atoms with Crippen molar-refractivity contribution in [1.29, 1.82) is 0 Å². The highest BCUT2D eigenvalue weighted by Crippen LogP contribution is 2.63. The second kappa shape index (κ2) is 25.6. The minimum atomic E-state index is -5.07. The fourth-order valence-electron chi connectivity index (χ4n) is 15.4. The number of benzene rings is 1. The number of allylic oxidation sites excluding steroid dienone is 6. The van der Waals surface area contributed by atoms with Crippen LogP contribution in [0.15, 0.2) is 67.8 Å². The molecule has 6 aliphatic rings. The van der Waals surface area contributed by atoms with Crippen LogP contribution < -0.4 is 45.0 Å². The summed E-state index contributed by atoms with van der Waals surface area (Å²) in [7, 11) is -5.07. The SMILES string of the molecule is CC1=C2N/C(=C\C3=NC(=C(/C)C4=NC(C(CC(N)=O)C4(C)CCC(=O)NCC(C)OP(=O)(O)OC4C(CO)OC(n5cnc6cc(C)c(C)cc65)C4O)C4(C)N=C1C(CCC(N)=O)C4(C)CC(N)=O)/C(CCC(N)=O)C3(C)C)C(CCC(N)=O)C2(C)CC(N)=O. The lowest BCUT2D eigenvalue weighted by Crippen LogP contribution is -2.56. The number of aromatic nitrogens is 2. The zero-order valence-electron chi connectivity index (χ0n) is 53.3. The number of carbonyl (C=O) groups excluding carboxylic acids is 7. The number of fused-ring (bicyclic) bond motifs is 7. The number of rotatable bonds is 26. The van der Waals surface area contributed by atoms with E-state index < -0.39 is 143 Å². The Labute approximate surface area is 523 Å². The van der Waals surface area contributed by atoms with Crippen molar-refractivity contribution >= 4 is 77.3 Å². The van der Waals surface area contributed by atoms with Crippen LogP contribution in [0, 0.1) is 59.2 Å². The highest BCUT2D eigenvalue weighted by atomic mass is 31.2. The summed E-state index contributed by atoms with van der Waals surface area (Å²) in [6, 6.07) is 2.70. The van der Waals surface area contributed by atoms with Gasteiger partial charge in [-0.25, -0.2) is 9.55 Å². The molecule has 1 aromatic heterocycles. The molecule has 27 nitrogen and oxygen atoms in total. The van der Waals surface area contributed by atoms with Gasteiger partial charge in [-0.3, -0.25) is 57.6 Å². The summed E-state index contributed by atoms with van der Waals surface area (Å²) in [5.74, 6) is -7.18. The van der Waals surface area contributed by atoms with Crippen LogP contribution in [-0.4, -0.2) is 132 Å². The Morgan fingerprint density at radius 1 is 0.800 bits per heavy atom. The highest BCUT2D eigenvalue weighted by molar-refractivity contribution is 7.47. The number of nitrogens with two attached hydrogens (primary N) is 6. The van der Waals surface area contributed by atoms with E-state index in [0.29, 0.717) is 56.4 Å². The molecule has 7 amide bonds. The maximum absolute atomic E-state index is 14.4. The van der Waals surface area contributed by atoms with E-state index >= 15 is 0 Å².